The second-order valence-corrected chi connectivity index (χ2v) is 10.8. The minimum Gasteiger partial charge on any atom is -0.277 e. The molecule has 4 aromatic carbocycles. The van der Waals surface area contributed by atoms with E-state index in [0.717, 1.165) is 19.6 Å². The maximum Gasteiger partial charge on any atom is 0.261 e. The van der Waals surface area contributed by atoms with E-state index >= 15 is 0 Å². The first-order valence-electron chi connectivity index (χ1n) is 13.4. The summed E-state index contributed by atoms with van der Waals surface area (Å²) in [5.41, 5.74) is 2.69. The van der Waals surface area contributed by atoms with Crippen molar-refractivity contribution < 1.29 is 38.4 Å². The molecule has 0 saturated carbocycles. The van der Waals surface area contributed by atoms with Crippen LogP contribution < -0.4 is 0 Å². The predicted octanol–water partition coefficient (Wildman–Crippen LogP) is 2.58. The molecule has 0 spiro atoms. The summed E-state index contributed by atoms with van der Waals surface area (Å²) in [5, 5.41) is 1.60. The SMILES string of the molecule is CN1C(=O)c2ccc3c4c(ccc(c24)C1=O)C(=O)N(C)C3=O.CN1C(=O)c2ccc3c4c(ccc(c24)C1=O)C(=O)N(C)C3=O. The zero-order valence-electron chi connectivity index (χ0n) is 23.7. The molecule has 0 fully saturated rings. The van der Waals surface area contributed by atoms with Gasteiger partial charge in [0.2, 0.25) is 0 Å². The highest BCUT2D eigenvalue weighted by Crippen LogP contribution is 2.38. The Morgan fingerprint density at radius 2 is 0.386 bits per heavy atom. The Hall–Kier alpha value is -6.04. The maximum absolute atomic E-state index is 12.3. The molecule has 12 nitrogen and oxygen atoms in total. The Kier molecular flexibility index (Phi) is 5.33. The highest BCUT2D eigenvalue weighted by atomic mass is 16.2. The molecule has 0 saturated heterocycles. The number of hydrogen-bond donors (Lipinski definition) is 0. The molecule has 44 heavy (non-hydrogen) atoms. The fraction of sp³-hybridized carbons (Fsp3) is 0.125. The van der Waals surface area contributed by atoms with Crippen molar-refractivity contribution in [1.82, 2.24) is 19.6 Å². The fourth-order valence-electron chi connectivity index (χ4n) is 6.23. The van der Waals surface area contributed by atoms with Gasteiger partial charge in [-0.2, -0.15) is 0 Å². The van der Waals surface area contributed by atoms with Crippen LogP contribution in [0.15, 0.2) is 48.5 Å². The van der Waals surface area contributed by atoms with Crippen molar-refractivity contribution in [2.45, 2.75) is 0 Å². The van der Waals surface area contributed by atoms with Crippen LogP contribution in [0.25, 0.3) is 21.5 Å². The summed E-state index contributed by atoms with van der Waals surface area (Å²) in [6.07, 6.45) is 0. The number of carbonyl (C=O) groups is 8. The fourth-order valence-corrected chi connectivity index (χ4v) is 6.23. The molecule has 216 valence electrons. The molecule has 0 radical (unpaired) electrons. The van der Waals surface area contributed by atoms with Gasteiger partial charge in [0.25, 0.3) is 47.3 Å². The minimum atomic E-state index is -0.431. The van der Waals surface area contributed by atoms with Crippen molar-refractivity contribution in [2.75, 3.05) is 28.2 Å². The molecule has 8 amide bonds. The Balaban J connectivity index is 0.000000142. The Labute approximate surface area is 248 Å². The standard InChI is InChI=1S/2C16H10N2O4/c2*1-17-13(19)7-3-5-9-12-10(16(22)18(2)15(9)21)6-4-8(11(7)12)14(17)20/h2*3-6H,1-2H3. The monoisotopic (exact) mass is 588 g/mol. The van der Waals surface area contributed by atoms with Crippen LogP contribution >= 0.6 is 0 Å². The van der Waals surface area contributed by atoms with Crippen molar-refractivity contribution in [1.29, 1.82) is 0 Å². The minimum absolute atomic E-state index is 0.336. The molecule has 12 heteroatoms. The number of carbonyl (C=O) groups excluding carboxylic acids is 8. The van der Waals surface area contributed by atoms with Crippen molar-refractivity contribution in [3.05, 3.63) is 93.0 Å². The van der Waals surface area contributed by atoms with Crippen molar-refractivity contribution >= 4 is 68.8 Å². The van der Waals surface area contributed by atoms with Crippen LogP contribution in [-0.4, -0.2) is 95.0 Å². The second kappa shape index (κ2) is 8.74. The maximum atomic E-state index is 12.3. The van der Waals surface area contributed by atoms with Crippen LogP contribution in [0.1, 0.15) is 82.9 Å². The smallest absolute Gasteiger partial charge is 0.261 e. The lowest BCUT2D eigenvalue weighted by Crippen LogP contribution is -2.40. The van der Waals surface area contributed by atoms with Crippen molar-refractivity contribution in [3.63, 3.8) is 0 Å². The molecule has 0 aromatic heterocycles. The average molecular weight is 589 g/mol. The molecular formula is C32H20N4O8. The van der Waals surface area contributed by atoms with E-state index in [1.807, 2.05) is 0 Å². The Morgan fingerprint density at radius 3 is 0.500 bits per heavy atom. The van der Waals surface area contributed by atoms with Gasteiger partial charge in [-0.3, -0.25) is 58.0 Å². The zero-order valence-corrected chi connectivity index (χ0v) is 23.7. The zero-order chi connectivity index (χ0) is 31.5. The summed E-state index contributed by atoms with van der Waals surface area (Å²) in [7, 11) is 5.66. The highest BCUT2D eigenvalue weighted by molar-refractivity contribution is 6.34. The van der Waals surface area contributed by atoms with Gasteiger partial charge in [-0.1, -0.05) is 0 Å². The quantitative estimate of drug-likeness (QED) is 0.285. The summed E-state index contributed by atoms with van der Waals surface area (Å²) in [6, 6.07) is 12.3. The third-order valence-electron chi connectivity index (χ3n) is 8.60. The first-order valence-corrected chi connectivity index (χ1v) is 13.4. The number of amides is 8. The van der Waals surface area contributed by atoms with Gasteiger partial charge in [-0.05, 0) is 48.5 Å². The third kappa shape index (κ3) is 3.16. The molecule has 0 aliphatic carbocycles. The second-order valence-electron chi connectivity index (χ2n) is 10.8. The molecule has 4 heterocycles. The molecular weight excluding hydrogens is 568 g/mol. The van der Waals surface area contributed by atoms with Crippen LogP contribution in [-0.2, 0) is 0 Å². The molecule has 0 N–H and O–H groups in total. The molecule has 4 aliphatic rings. The van der Waals surface area contributed by atoms with Gasteiger partial charge in [0.05, 0.1) is 0 Å². The Morgan fingerprint density at radius 1 is 0.273 bits per heavy atom. The topological polar surface area (TPSA) is 150 Å². The van der Waals surface area contributed by atoms with E-state index in [0.29, 0.717) is 66.1 Å². The van der Waals surface area contributed by atoms with Gasteiger partial charge in [0, 0.05) is 94.2 Å². The summed E-state index contributed by atoms with van der Waals surface area (Å²) in [6.45, 7) is 0. The molecule has 4 aliphatic heterocycles. The molecule has 0 atom stereocenters. The van der Waals surface area contributed by atoms with Gasteiger partial charge < -0.3 is 0 Å². The van der Waals surface area contributed by atoms with Crippen LogP contribution in [0.4, 0.5) is 0 Å². The number of rotatable bonds is 0. The lowest BCUT2D eigenvalue weighted by atomic mass is 9.86. The lowest BCUT2D eigenvalue weighted by Gasteiger charge is -2.29. The van der Waals surface area contributed by atoms with E-state index in [1.54, 1.807) is 0 Å². The highest BCUT2D eigenvalue weighted by Gasteiger charge is 2.39. The van der Waals surface area contributed by atoms with E-state index < -0.39 is 47.3 Å². The van der Waals surface area contributed by atoms with E-state index in [9.17, 15) is 38.4 Å². The first-order chi connectivity index (χ1) is 20.9. The summed E-state index contributed by atoms with van der Waals surface area (Å²) in [5.74, 6) is -3.44. The molecule has 0 bridgehead atoms. The van der Waals surface area contributed by atoms with Crippen LogP contribution in [0.3, 0.4) is 0 Å². The number of imide groups is 4. The molecule has 0 unspecified atom stereocenters. The van der Waals surface area contributed by atoms with Gasteiger partial charge in [0.1, 0.15) is 0 Å². The Bertz CT molecular complexity index is 1750. The van der Waals surface area contributed by atoms with Crippen LogP contribution in [0, 0.1) is 0 Å². The number of benzene rings is 4. The predicted molar refractivity (Wildman–Crippen MR) is 154 cm³/mol. The van der Waals surface area contributed by atoms with Crippen LogP contribution in [0.2, 0.25) is 0 Å². The lowest BCUT2D eigenvalue weighted by molar-refractivity contribution is 0.0629. The first kappa shape index (κ1) is 26.8. The van der Waals surface area contributed by atoms with Gasteiger partial charge in [0.15, 0.2) is 0 Å². The van der Waals surface area contributed by atoms with Gasteiger partial charge in [-0.25, -0.2) is 0 Å². The van der Waals surface area contributed by atoms with Crippen LogP contribution in [0.5, 0.6) is 0 Å². The van der Waals surface area contributed by atoms with E-state index in [4.69, 9.17) is 0 Å². The van der Waals surface area contributed by atoms with Crippen molar-refractivity contribution in [2.24, 2.45) is 0 Å². The number of nitrogens with zero attached hydrogens (tertiary/aromatic N) is 4. The molecule has 8 rings (SSSR count). The number of hydrogen-bond acceptors (Lipinski definition) is 8. The van der Waals surface area contributed by atoms with E-state index in [1.165, 1.54) is 76.7 Å². The average Bonchev–Trinajstić information content (AvgIpc) is 3.03. The summed E-state index contributed by atoms with van der Waals surface area (Å²) in [4.78, 5) is 103. The third-order valence-corrected chi connectivity index (χ3v) is 8.60. The summed E-state index contributed by atoms with van der Waals surface area (Å²) < 4.78 is 0. The summed E-state index contributed by atoms with van der Waals surface area (Å²) >= 11 is 0. The van der Waals surface area contributed by atoms with E-state index in [-0.39, 0.29) is 0 Å². The van der Waals surface area contributed by atoms with Gasteiger partial charge in [-0.15, -0.1) is 0 Å². The normalized spacial score (nSPS) is 16.8. The van der Waals surface area contributed by atoms with Gasteiger partial charge >= 0.3 is 0 Å². The van der Waals surface area contributed by atoms with Crippen molar-refractivity contribution in [3.8, 4) is 0 Å². The molecule has 4 aromatic rings. The van der Waals surface area contributed by atoms with E-state index in [2.05, 4.69) is 0 Å². The largest absolute Gasteiger partial charge is 0.277 e.